The Hall–Kier alpha value is -2.34. The first kappa shape index (κ1) is 18.5. The number of rotatable bonds is 6. The normalized spacial score (nSPS) is 15.7. The number of hydrogen-bond donors (Lipinski definition) is 1. The van der Waals surface area contributed by atoms with Gasteiger partial charge in [-0.1, -0.05) is 46.3 Å². The molecule has 1 amide bonds. The molecule has 2 aromatic rings. The van der Waals surface area contributed by atoms with E-state index in [1.807, 2.05) is 24.3 Å². The largest absolute Gasteiger partial charge is 0.482 e. The Labute approximate surface area is 160 Å². The number of nitrogens with one attached hydrogen (secondary N) is 1. The van der Waals surface area contributed by atoms with E-state index in [0.717, 1.165) is 29.3 Å². The Kier molecular flexibility index (Phi) is 6.28. The number of amides is 1. The van der Waals surface area contributed by atoms with E-state index in [4.69, 9.17) is 9.47 Å². The van der Waals surface area contributed by atoms with Gasteiger partial charge in [0, 0.05) is 4.47 Å². The summed E-state index contributed by atoms with van der Waals surface area (Å²) in [4.78, 5) is 23.9. The maximum atomic E-state index is 12.1. The quantitative estimate of drug-likeness (QED) is 0.729. The lowest BCUT2D eigenvalue weighted by Gasteiger charge is -2.26. The van der Waals surface area contributed by atoms with Crippen LogP contribution in [0.3, 0.4) is 0 Å². The van der Waals surface area contributed by atoms with Gasteiger partial charge in [0.1, 0.15) is 5.75 Å². The molecule has 5 nitrogen and oxygen atoms in total. The highest BCUT2D eigenvalue weighted by Gasteiger charge is 2.21. The van der Waals surface area contributed by atoms with Gasteiger partial charge in [0.2, 0.25) is 0 Å². The molecule has 0 aromatic heterocycles. The molecular weight excluding hydrogens is 398 g/mol. The van der Waals surface area contributed by atoms with Crippen molar-refractivity contribution in [3.8, 4) is 5.75 Å². The van der Waals surface area contributed by atoms with Crippen LogP contribution in [0.1, 0.15) is 30.0 Å². The second kappa shape index (κ2) is 8.85. The summed E-state index contributed by atoms with van der Waals surface area (Å²) in [5.74, 6) is -0.328. The van der Waals surface area contributed by atoms with E-state index < -0.39 is 5.97 Å². The molecular formula is C20H20BrNO4. The number of ether oxygens (including phenoxy) is 2. The summed E-state index contributed by atoms with van der Waals surface area (Å²) >= 11 is 3.33. The number of fused-ring (bicyclic) bond motifs is 1. The number of hydrogen-bond acceptors (Lipinski definition) is 4. The average molecular weight is 418 g/mol. The van der Waals surface area contributed by atoms with Crippen molar-refractivity contribution >= 4 is 27.8 Å². The second-order valence-electron chi connectivity index (χ2n) is 6.12. The fourth-order valence-electron chi connectivity index (χ4n) is 3.03. The van der Waals surface area contributed by atoms with Gasteiger partial charge in [-0.25, -0.2) is 4.79 Å². The van der Waals surface area contributed by atoms with E-state index >= 15 is 0 Å². The summed E-state index contributed by atoms with van der Waals surface area (Å²) in [7, 11) is 0. The van der Waals surface area contributed by atoms with Gasteiger partial charge in [-0.2, -0.15) is 0 Å². The first-order valence-electron chi connectivity index (χ1n) is 8.53. The van der Waals surface area contributed by atoms with E-state index in [1.165, 1.54) is 5.56 Å². The number of halogens is 1. The lowest BCUT2D eigenvalue weighted by atomic mass is 9.88. The summed E-state index contributed by atoms with van der Waals surface area (Å²) in [6.45, 7) is -0.546. The molecule has 0 saturated carbocycles. The minimum atomic E-state index is -0.579. The van der Waals surface area contributed by atoms with Gasteiger partial charge < -0.3 is 14.8 Å². The van der Waals surface area contributed by atoms with Crippen molar-refractivity contribution in [1.82, 2.24) is 5.32 Å². The van der Waals surface area contributed by atoms with Gasteiger partial charge in [-0.05, 0) is 48.6 Å². The van der Waals surface area contributed by atoms with Crippen molar-refractivity contribution in [3.63, 3.8) is 0 Å². The maximum Gasteiger partial charge on any atom is 0.344 e. The minimum Gasteiger partial charge on any atom is -0.482 e. The lowest BCUT2D eigenvalue weighted by molar-refractivity contribution is -0.150. The SMILES string of the molecule is O=C(COC(=O)COc1cccc(Br)c1)N[C@H]1CCCc2ccccc21. The van der Waals surface area contributed by atoms with Gasteiger partial charge in [0.05, 0.1) is 6.04 Å². The number of esters is 1. The third-order valence-electron chi connectivity index (χ3n) is 4.22. The first-order chi connectivity index (χ1) is 12.6. The van der Waals surface area contributed by atoms with E-state index in [-0.39, 0.29) is 25.2 Å². The molecule has 1 atom stereocenters. The van der Waals surface area contributed by atoms with Gasteiger partial charge in [-0.15, -0.1) is 0 Å². The first-order valence-corrected chi connectivity index (χ1v) is 9.32. The highest BCUT2D eigenvalue weighted by molar-refractivity contribution is 9.10. The fraction of sp³-hybridized carbons (Fsp3) is 0.300. The molecule has 3 rings (SSSR count). The lowest BCUT2D eigenvalue weighted by Crippen LogP contribution is -2.34. The van der Waals surface area contributed by atoms with E-state index in [0.29, 0.717) is 5.75 Å². The van der Waals surface area contributed by atoms with Gasteiger partial charge >= 0.3 is 5.97 Å². The molecule has 1 N–H and O–H groups in total. The molecule has 1 aliphatic carbocycles. The molecule has 0 spiro atoms. The summed E-state index contributed by atoms with van der Waals surface area (Å²) in [6, 6.07) is 15.2. The fourth-order valence-corrected chi connectivity index (χ4v) is 3.40. The Balaban J connectivity index is 1.43. The third kappa shape index (κ3) is 5.08. The van der Waals surface area contributed by atoms with Crippen LogP contribution in [0.2, 0.25) is 0 Å². The van der Waals surface area contributed by atoms with Crippen LogP contribution in [0.5, 0.6) is 5.75 Å². The second-order valence-corrected chi connectivity index (χ2v) is 7.03. The van der Waals surface area contributed by atoms with Gasteiger partial charge in [-0.3, -0.25) is 4.79 Å². The van der Waals surface area contributed by atoms with Crippen molar-refractivity contribution in [2.75, 3.05) is 13.2 Å². The van der Waals surface area contributed by atoms with Crippen LogP contribution < -0.4 is 10.1 Å². The molecule has 0 radical (unpaired) electrons. The van der Waals surface area contributed by atoms with Crippen LogP contribution in [-0.4, -0.2) is 25.1 Å². The smallest absolute Gasteiger partial charge is 0.344 e. The summed E-state index contributed by atoms with van der Waals surface area (Å²) in [5.41, 5.74) is 2.42. The summed E-state index contributed by atoms with van der Waals surface area (Å²) in [6.07, 6.45) is 2.95. The van der Waals surface area contributed by atoms with Gasteiger partial charge in [0.25, 0.3) is 5.91 Å². The number of benzene rings is 2. The van der Waals surface area contributed by atoms with Crippen LogP contribution in [-0.2, 0) is 20.7 Å². The Morgan fingerprint density at radius 3 is 2.81 bits per heavy atom. The Bertz CT molecular complexity index is 793. The molecule has 0 aliphatic heterocycles. The Morgan fingerprint density at radius 2 is 1.96 bits per heavy atom. The molecule has 0 unspecified atom stereocenters. The standard InChI is InChI=1S/C20H20BrNO4/c21-15-7-4-8-16(11-15)25-13-20(24)26-12-19(23)22-18-10-3-6-14-5-1-2-9-17(14)18/h1-2,4-5,7-9,11,18H,3,6,10,12-13H2,(H,22,23)/t18-/m0/s1. The number of carbonyl (C=O) groups excluding carboxylic acids is 2. The molecule has 2 aromatic carbocycles. The van der Waals surface area contributed by atoms with Crippen molar-refractivity contribution < 1.29 is 19.1 Å². The van der Waals surface area contributed by atoms with Crippen LogP contribution >= 0.6 is 15.9 Å². The highest BCUT2D eigenvalue weighted by atomic mass is 79.9. The van der Waals surface area contributed by atoms with Crippen LogP contribution in [0, 0.1) is 0 Å². The minimum absolute atomic E-state index is 0.0240. The zero-order valence-electron chi connectivity index (χ0n) is 14.2. The van der Waals surface area contributed by atoms with Crippen LogP contribution in [0.15, 0.2) is 53.0 Å². The van der Waals surface area contributed by atoms with Crippen molar-refractivity contribution in [2.24, 2.45) is 0 Å². The molecule has 0 fully saturated rings. The molecule has 0 bridgehead atoms. The Morgan fingerprint density at radius 1 is 1.12 bits per heavy atom. The van der Waals surface area contributed by atoms with Crippen LogP contribution in [0.4, 0.5) is 0 Å². The van der Waals surface area contributed by atoms with Crippen molar-refractivity contribution in [1.29, 1.82) is 0 Å². The molecule has 0 heterocycles. The maximum absolute atomic E-state index is 12.1. The third-order valence-corrected chi connectivity index (χ3v) is 4.71. The van der Waals surface area contributed by atoms with E-state index in [9.17, 15) is 9.59 Å². The predicted molar refractivity (Wildman–Crippen MR) is 101 cm³/mol. The van der Waals surface area contributed by atoms with Crippen molar-refractivity contribution in [2.45, 2.75) is 25.3 Å². The molecule has 0 saturated heterocycles. The molecule has 6 heteroatoms. The van der Waals surface area contributed by atoms with Crippen molar-refractivity contribution in [3.05, 3.63) is 64.1 Å². The average Bonchev–Trinajstić information content (AvgIpc) is 2.65. The zero-order chi connectivity index (χ0) is 18.4. The monoisotopic (exact) mass is 417 g/mol. The number of carbonyl (C=O) groups is 2. The summed E-state index contributed by atoms with van der Waals surface area (Å²) in [5, 5.41) is 2.95. The molecule has 136 valence electrons. The molecule has 26 heavy (non-hydrogen) atoms. The predicted octanol–water partition coefficient (Wildman–Crippen LogP) is 3.56. The van der Waals surface area contributed by atoms with E-state index in [2.05, 4.69) is 27.3 Å². The van der Waals surface area contributed by atoms with E-state index in [1.54, 1.807) is 18.2 Å². The highest BCUT2D eigenvalue weighted by Crippen LogP contribution is 2.29. The topological polar surface area (TPSA) is 64.6 Å². The van der Waals surface area contributed by atoms with Crippen LogP contribution in [0.25, 0.3) is 0 Å². The summed E-state index contributed by atoms with van der Waals surface area (Å²) < 4.78 is 11.2. The number of aryl methyl sites for hydroxylation is 1. The van der Waals surface area contributed by atoms with Gasteiger partial charge in [0.15, 0.2) is 13.2 Å². The zero-order valence-corrected chi connectivity index (χ0v) is 15.8. The molecule has 1 aliphatic rings.